The number of halogens is 2. The van der Waals surface area contributed by atoms with Gasteiger partial charge in [0, 0.05) is 13.0 Å². The Kier molecular flexibility index (Phi) is 14.5. The van der Waals surface area contributed by atoms with Crippen molar-refractivity contribution in [2.75, 3.05) is 13.2 Å². The molecule has 2 N–H and O–H groups in total. The number of hydrogen-bond acceptors (Lipinski definition) is 7. The van der Waals surface area contributed by atoms with Gasteiger partial charge in [0.2, 0.25) is 5.28 Å². The van der Waals surface area contributed by atoms with Gasteiger partial charge in [-0.2, -0.15) is 4.98 Å². The van der Waals surface area contributed by atoms with Gasteiger partial charge in [-0.1, -0.05) is 82.2 Å². The second kappa shape index (κ2) is 17.1. The van der Waals surface area contributed by atoms with Gasteiger partial charge >= 0.3 is 5.97 Å². The minimum absolute atomic E-state index is 0.125. The Morgan fingerprint density at radius 1 is 0.886 bits per heavy atom. The highest BCUT2D eigenvalue weighted by atomic mass is 35.5. The van der Waals surface area contributed by atoms with Crippen LogP contribution in [-0.2, 0) is 16.1 Å². The minimum atomic E-state index is -0.978. The number of ether oxygens (including phenoxy) is 1. The number of rotatable bonds is 19. The number of aliphatic hydroxyl groups is 2. The van der Waals surface area contributed by atoms with Crippen LogP contribution in [0.15, 0.2) is 0 Å². The number of hydrogen-bond donors (Lipinski definition) is 2. The van der Waals surface area contributed by atoms with Crippen molar-refractivity contribution in [2.45, 2.75) is 109 Å². The summed E-state index contributed by atoms with van der Waals surface area (Å²) in [4.78, 5) is 24.1. The zero-order valence-electron chi connectivity index (χ0n) is 20.9. The van der Waals surface area contributed by atoms with E-state index in [1.54, 1.807) is 0 Å². The van der Waals surface area contributed by atoms with Gasteiger partial charge in [0.15, 0.2) is 10.8 Å². The van der Waals surface area contributed by atoms with Crippen LogP contribution in [-0.4, -0.2) is 55.0 Å². The molecule has 0 saturated heterocycles. The predicted octanol–water partition coefficient (Wildman–Crippen LogP) is 5.80. The fourth-order valence-corrected chi connectivity index (χ4v) is 4.62. The summed E-state index contributed by atoms with van der Waals surface area (Å²) in [6, 6.07) is 0. The highest BCUT2D eigenvalue weighted by molar-refractivity contribution is 6.35. The molecule has 0 saturated carbocycles. The quantitative estimate of drug-likeness (QED) is 0.102. The van der Waals surface area contributed by atoms with Crippen molar-refractivity contribution in [3.05, 3.63) is 16.3 Å². The third-order valence-electron chi connectivity index (χ3n) is 6.13. The molecule has 0 aliphatic carbocycles. The van der Waals surface area contributed by atoms with Gasteiger partial charge in [-0.25, -0.2) is 9.97 Å². The molecule has 1 atom stereocenters. The number of esters is 1. The van der Waals surface area contributed by atoms with E-state index in [1.807, 2.05) is 6.92 Å². The van der Waals surface area contributed by atoms with Crippen molar-refractivity contribution >= 4 is 40.3 Å². The van der Waals surface area contributed by atoms with E-state index in [9.17, 15) is 4.79 Å². The van der Waals surface area contributed by atoms with Crippen LogP contribution in [0.3, 0.4) is 0 Å². The summed E-state index contributed by atoms with van der Waals surface area (Å²) in [7, 11) is 0. The van der Waals surface area contributed by atoms with Gasteiger partial charge in [-0.3, -0.25) is 4.79 Å². The van der Waals surface area contributed by atoms with E-state index in [-0.39, 0.29) is 24.5 Å². The highest BCUT2D eigenvalue weighted by Gasteiger charge is 2.14. The fourth-order valence-electron chi connectivity index (χ4n) is 4.15. The zero-order valence-corrected chi connectivity index (χ0v) is 22.4. The van der Waals surface area contributed by atoms with E-state index in [0.29, 0.717) is 17.2 Å². The zero-order chi connectivity index (χ0) is 25.5. The number of carbonyl (C=O) groups excluding carboxylic acids is 1. The number of aliphatic hydroxyl groups excluding tert-OH is 2. The summed E-state index contributed by atoms with van der Waals surface area (Å²) >= 11 is 12.1. The van der Waals surface area contributed by atoms with Gasteiger partial charge in [-0.05, 0) is 31.4 Å². The Hall–Kier alpha value is -1.48. The first-order valence-electron chi connectivity index (χ1n) is 12.9. The number of imidazole rings is 1. The molecule has 0 bridgehead atoms. The molecular formula is C25H40Cl2N4O4. The first-order valence-corrected chi connectivity index (χ1v) is 13.7. The lowest BCUT2D eigenvalue weighted by Gasteiger charge is -2.08. The Morgan fingerprint density at radius 2 is 1.43 bits per heavy atom. The Balaban J connectivity index is 1.39. The fraction of sp³-hybridized carbons (Fsp3) is 0.760. The van der Waals surface area contributed by atoms with Crippen LogP contribution in [0.2, 0.25) is 10.4 Å². The molecule has 2 rings (SSSR count). The maximum atomic E-state index is 11.5. The smallest absolute Gasteiger partial charge is 0.305 e. The van der Waals surface area contributed by atoms with Gasteiger partial charge in [0.25, 0.3) is 0 Å². The monoisotopic (exact) mass is 530 g/mol. The van der Waals surface area contributed by atoms with E-state index >= 15 is 0 Å². The number of aryl methyl sites for hydroxylation is 2. The summed E-state index contributed by atoms with van der Waals surface area (Å²) in [6.07, 6.45) is 14.8. The summed E-state index contributed by atoms with van der Waals surface area (Å²) in [5.74, 6) is 0.586. The standard InChI is InChI=1S/C25H40Cl2N4O4/c1-19-28-24-22(23(26)29-25(27)30-24)31(19)16-14-12-10-8-6-4-2-3-5-7-9-11-13-15-21(34)35-18-20(33)17-32/h20,32-33H,2-18H2,1H3. The Morgan fingerprint density at radius 3 is 2.00 bits per heavy atom. The molecule has 2 aromatic rings. The topological polar surface area (TPSA) is 110 Å². The molecule has 2 heterocycles. The van der Waals surface area contributed by atoms with Crippen molar-refractivity contribution < 1.29 is 19.7 Å². The molecule has 1 unspecified atom stereocenters. The van der Waals surface area contributed by atoms with Gasteiger partial charge in [0.1, 0.15) is 24.1 Å². The molecule has 8 nitrogen and oxygen atoms in total. The highest BCUT2D eigenvalue weighted by Crippen LogP contribution is 2.24. The molecule has 0 amide bonds. The molecule has 198 valence electrons. The van der Waals surface area contributed by atoms with Crippen LogP contribution in [0.4, 0.5) is 0 Å². The maximum Gasteiger partial charge on any atom is 0.305 e. The van der Waals surface area contributed by atoms with E-state index in [0.717, 1.165) is 43.6 Å². The van der Waals surface area contributed by atoms with Crippen LogP contribution in [0, 0.1) is 6.92 Å². The molecule has 35 heavy (non-hydrogen) atoms. The third kappa shape index (κ3) is 11.4. The molecule has 0 aliphatic heterocycles. The van der Waals surface area contributed by atoms with Crippen molar-refractivity contribution in [3.8, 4) is 0 Å². The molecule has 0 aromatic carbocycles. The van der Waals surface area contributed by atoms with Gasteiger partial charge in [0.05, 0.1) is 6.61 Å². The summed E-state index contributed by atoms with van der Waals surface area (Å²) < 4.78 is 6.97. The lowest BCUT2D eigenvalue weighted by Crippen LogP contribution is -2.21. The first-order chi connectivity index (χ1) is 16.9. The first kappa shape index (κ1) is 29.7. The molecule has 0 spiro atoms. The van der Waals surface area contributed by atoms with Crippen LogP contribution in [0.25, 0.3) is 11.2 Å². The number of unbranched alkanes of at least 4 members (excludes halogenated alkanes) is 12. The van der Waals surface area contributed by atoms with E-state index in [4.69, 9.17) is 38.2 Å². The summed E-state index contributed by atoms with van der Waals surface area (Å²) in [6.45, 7) is 2.30. The summed E-state index contributed by atoms with van der Waals surface area (Å²) in [5, 5.41) is 18.3. The summed E-state index contributed by atoms with van der Waals surface area (Å²) in [5.41, 5.74) is 1.33. The second-order valence-corrected chi connectivity index (χ2v) is 9.83. The molecule has 2 aromatic heterocycles. The van der Waals surface area contributed by atoms with Crippen molar-refractivity contribution in [1.29, 1.82) is 0 Å². The molecule has 0 fully saturated rings. The second-order valence-electron chi connectivity index (χ2n) is 9.13. The Labute approximate surface area is 218 Å². The minimum Gasteiger partial charge on any atom is -0.463 e. The SMILES string of the molecule is Cc1nc2nc(Cl)nc(Cl)c2n1CCCCCCCCCCCCCCCC(=O)OCC(O)CO. The molecular weight excluding hydrogens is 491 g/mol. The van der Waals surface area contributed by atoms with Gasteiger partial charge < -0.3 is 19.5 Å². The maximum absolute atomic E-state index is 11.5. The van der Waals surface area contributed by atoms with E-state index < -0.39 is 6.10 Å². The third-order valence-corrected chi connectivity index (χ3v) is 6.57. The lowest BCUT2D eigenvalue weighted by molar-refractivity contribution is -0.147. The number of carbonyl (C=O) groups is 1. The Bertz CT molecular complexity index is 894. The van der Waals surface area contributed by atoms with E-state index in [2.05, 4.69) is 19.5 Å². The number of fused-ring (bicyclic) bond motifs is 1. The lowest BCUT2D eigenvalue weighted by atomic mass is 10.0. The largest absolute Gasteiger partial charge is 0.463 e. The van der Waals surface area contributed by atoms with E-state index in [1.165, 1.54) is 57.8 Å². The van der Waals surface area contributed by atoms with Crippen molar-refractivity contribution in [3.63, 3.8) is 0 Å². The molecule has 0 radical (unpaired) electrons. The van der Waals surface area contributed by atoms with Crippen LogP contribution < -0.4 is 0 Å². The van der Waals surface area contributed by atoms with Crippen molar-refractivity contribution in [1.82, 2.24) is 19.5 Å². The average Bonchev–Trinajstić information content (AvgIpc) is 3.14. The number of nitrogens with zero attached hydrogens (tertiary/aromatic N) is 4. The molecule has 0 aliphatic rings. The predicted molar refractivity (Wildman–Crippen MR) is 139 cm³/mol. The molecule has 10 heteroatoms. The normalized spacial score (nSPS) is 12.4. The van der Waals surface area contributed by atoms with Crippen LogP contribution in [0.1, 0.15) is 95.7 Å². The van der Waals surface area contributed by atoms with Crippen molar-refractivity contribution in [2.24, 2.45) is 0 Å². The number of aromatic nitrogens is 4. The van der Waals surface area contributed by atoms with Gasteiger partial charge in [-0.15, -0.1) is 0 Å². The average molecular weight is 532 g/mol. The van der Waals surface area contributed by atoms with Crippen LogP contribution >= 0.6 is 23.2 Å². The van der Waals surface area contributed by atoms with Crippen LogP contribution in [0.5, 0.6) is 0 Å².